The minimum absolute atomic E-state index is 0.116. The molecule has 2 N–H and O–H groups in total. The highest BCUT2D eigenvalue weighted by molar-refractivity contribution is 7.92. The van der Waals surface area contributed by atoms with E-state index in [1.165, 1.54) is 31.3 Å². The average molecular weight is 476 g/mol. The summed E-state index contributed by atoms with van der Waals surface area (Å²) in [4.78, 5) is 13.0. The van der Waals surface area contributed by atoms with Crippen LogP contribution in [0.1, 0.15) is 10.4 Å². The van der Waals surface area contributed by atoms with E-state index in [0.29, 0.717) is 0 Å². The number of nitrogens with zero attached hydrogens (tertiary/aromatic N) is 1. The number of para-hydroxylation sites is 1. The van der Waals surface area contributed by atoms with E-state index in [1.807, 2.05) is 24.3 Å². The van der Waals surface area contributed by atoms with Gasteiger partial charge in [0.1, 0.15) is 5.75 Å². The summed E-state index contributed by atoms with van der Waals surface area (Å²) in [6, 6.07) is 18.0. The van der Waals surface area contributed by atoms with Gasteiger partial charge in [-0.2, -0.15) is 8.78 Å². The Bertz CT molecular complexity index is 1250. The fraction of sp³-hybridized carbons (Fsp3) is 0.174. The van der Waals surface area contributed by atoms with Crippen LogP contribution in [0, 0.1) is 0 Å². The van der Waals surface area contributed by atoms with E-state index in [0.717, 1.165) is 27.4 Å². The standard InChI is InChI=1S/C23H23F2N3O4S/c1-26-17-11-8-15(9-12-17)16-10-13-20(28(2)33(3,30)31)19(14-16)27-22(29)18-6-4-5-7-21(18)32-23(24)25/h4-14,23,26H,1-3H3,(H,27,29). The van der Waals surface area contributed by atoms with Crippen LogP contribution in [0.3, 0.4) is 0 Å². The monoisotopic (exact) mass is 475 g/mol. The van der Waals surface area contributed by atoms with Crippen molar-refractivity contribution >= 4 is 33.0 Å². The number of hydrogen-bond acceptors (Lipinski definition) is 5. The lowest BCUT2D eigenvalue weighted by Gasteiger charge is -2.22. The number of anilines is 3. The Morgan fingerprint density at radius 3 is 2.24 bits per heavy atom. The summed E-state index contributed by atoms with van der Waals surface area (Å²) in [7, 11) is -0.483. The molecule has 0 spiro atoms. The summed E-state index contributed by atoms with van der Waals surface area (Å²) in [5.41, 5.74) is 2.75. The number of ether oxygens (including phenoxy) is 1. The van der Waals surface area contributed by atoms with Crippen molar-refractivity contribution in [1.82, 2.24) is 0 Å². The second-order valence-electron chi connectivity index (χ2n) is 7.12. The summed E-state index contributed by atoms with van der Waals surface area (Å²) in [6.07, 6.45) is 1.04. The van der Waals surface area contributed by atoms with E-state index < -0.39 is 22.5 Å². The molecule has 0 aromatic heterocycles. The van der Waals surface area contributed by atoms with Gasteiger partial charge in [0, 0.05) is 19.8 Å². The van der Waals surface area contributed by atoms with Gasteiger partial charge in [0.25, 0.3) is 5.91 Å². The number of halogens is 2. The summed E-state index contributed by atoms with van der Waals surface area (Å²) in [6.45, 7) is -3.10. The van der Waals surface area contributed by atoms with Crippen molar-refractivity contribution in [3.63, 3.8) is 0 Å². The molecule has 0 bridgehead atoms. The van der Waals surface area contributed by atoms with Gasteiger partial charge in [-0.3, -0.25) is 9.10 Å². The fourth-order valence-electron chi connectivity index (χ4n) is 3.14. The molecule has 3 aromatic rings. The first-order valence-electron chi connectivity index (χ1n) is 9.81. The maximum Gasteiger partial charge on any atom is 0.387 e. The molecule has 0 unspecified atom stereocenters. The molecule has 3 rings (SSSR count). The summed E-state index contributed by atoms with van der Waals surface area (Å²) >= 11 is 0. The van der Waals surface area contributed by atoms with Gasteiger partial charge in [0.2, 0.25) is 10.0 Å². The van der Waals surface area contributed by atoms with Crippen molar-refractivity contribution in [2.24, 2.45) is 0 Å². The summed E-state index contributed by atoms with van der Waals surface area (Å²) < 4.78 is 55.3. The van der Waals surface area contributed by atoms with Crippen molar-refractivity contribution < 1.29 is 26.7 Å². The number of sulfonamides is 1. The quantitative estimate of drug-likeness (QED) is 0.495. The number of amides is 1. The zero-order valence-corrected chi connectivity index (χ0v) is 19.0. The Morgan fingerprint density at radius 2 is 1.64 bits per heavy atom. The molecule has 0 aliphatic rings. The van der Waals surface area contributed by atoms with E-state index in [2.05, 4.69) is 15.4 Å². The second kappa shape index (κ2) is 9.86. The number of alkyl halides is 2. The van der Waals surface area contributed by atoms with Gasteiger partial charge in [0.05, 0.1) is 23.2 Å². The largest absolute Gasteiger partial charge is 0.434 e. The number of nitrogens with one attached hydrogen (secondary N) is 2. The van der Waals surface area contributed by atoms with Gasteiger partial charge in [-0.05, 0) is 47.5 Å². The van der Waals surface area contributed by atoms with E-state index >= 15 is 0 Å². The highest BCUT2D eigenvalue weighted by Gasteiger charge is 2.21. The van der Waals surface area contributed by atoms with E-state index in [9.17, 15) is 22.0 Å². The van der Waals surface area contributed by atoms with Crippen LogP contribution < -0.4 is 19.7 Å². The second-order valence-corrected chi connectivity index (χ2v) is 9.13. The van der Waals surface area contributed by atoms with Crippen LogP contribution >= 0.6 is 0 Å². The Hall–Kier alpha value is -3.66. The first-order chi connectivity index (χ1) is 15.6. The number of benzene rings is 3. The maximum absolute atomic E-state index is 13.0. The first kappa shape index (κ1) is 24.0. The first-order valence-corrected chi connectivity index (χ1v) is 11.7. The zero-order chi connectivity index (χ0) is 24.2. The number of rotatable bonds is 8. The van der Waals surface area contributed by atoms with Crippen molar-refractivity contribution in [3.8, 4) is 16.9 Å². The smallest absolute Gasteiger partial charge is 0.387 e. The molecule has 0 fully saturated rings. The molecular formula is C23H23F2N3O4S. The molecule has 1 amide bonds. The third kappa shape index (κ3) is 5.78. The Morgan fingerprint density at radius 1 is 1.00 bits per heavy atom. The van der Waals surface area contributed by atoms with Gasteiger partial charge in [-0.15, -0.1) is 0 Å². The highest BCUT2D eigenvalue weighted by Crippen LogP contribution is 2.33. The van der Waals surface area contributed by atoms with Crippen molar-refractivity contribution in [1.29, 1.82) is 0 Å². The van der Waals surface area contributed by atoms with E-state index in [4.69, 9.17) is 0 Å². The van der Waals surface area contributed by atoms with Crippen LogP contribution in [0.25, 0.3) is 11.1 Å². The molecule has 0 heterocycles. The lowest BCUT2D eigenvalue weighted by molar-refractivity contribution is -0.0501. The third-order valence-corrected chi connectivity index (χ3v) is 6.13. The molecule has 33 heavy (non-hydrogen) atoms. The fourth-order valence-corrected chi connectivity index (χ4v) is 3.66. The molecule has 174 valence electrons. The average Bonchev–Trinajstić information content (AvgIpc) is 2.78. The van der Waals surface area contributed by atoms with E-state index in [-0.39, 0.29) is 22.7 Å². The molecule has 0 aliphatic heterocycles. The van der Waals surface area contributed by atoms with Gasteiger partial charge in [-0.1, -0.05) is 30.3 Å². The molecule has 0 atom stereocenters. The lowest BCUT2D eigenvalue weighted by Crippen LogP contribution is -2.26. The maximum atomic E-state index is 13.0. The van der Waals surface area contributed by atoms with Crippen LogP contribution in [0.4, 0.5) is 25.8 Å². The third-order valence-electron chi connectivity index (χ3n) is 4.94. The van der Waals surface area contributed by atoms with E-state index in [1.54, 1.807) is 25.2 Å². The van der Waals surface area contributed by atoms with Crippen molar-refractivity contribution in [2.45, 2.75) is 6.61 Å². The molecule has 3 aromatic carbocycles. The minimum atomic E-state index is -3.64. The Kier molecular flexibility index (Phi) is 7.17. The Labute approximate surface area is 191 Å². The van der Waals surface area contributed by atoms with Crippen molar-refractivity contribution in [3.05, 3.63) is 72.3 Å². The summed E-state index contributed by atoms with van der Waals surface area (Å²) in [5.74, 6) is -1.01. The summed E-state index contributed by atoms with van der Waals surface area (Å²) in [5, 5.41) is 5.67. The minimum Gasteiger partial charge on any atom is -0.434 e. The SMILES string of the molecule is CNc1ccc(-c2ccc(N(C)S(C)(=O)=O)c(NC(=O)c3ccccc3OC(F)F)c2)cc1. The number of carbonyl (C=O) groups is 1. The normalized spacial score (nSPS) is 11.2. The topological polar surface area (TPSA) is 87.7 Å². The number of hydrogen-bond donors (Lipinski definition) is 2. The van der Waals surface area contributed by atoms with Crippen molar-refractivity contribution in [2.75, 3.05) is 35.3 Å². The molecule has 0 radical (unpaired) electrons. The van der Waals surface area contributed by atoms with Gasteiger partial charge >= 0.3 is 6.61 Å². The number of carbonyl (C=O) groups excluding carboxylic acids is 1. The van der Waals surface area contributed by atoms with Crippen LogP contribution in [0.2, 0.25) is 0 Å². The van der Waals surface area contributed by atoms with Crippen LogP contribution in [-0.2, 0) is 10.0 Å². The molecular weight excluding hydrogens is 452 g/mol. The van der Waals surface area contributed by atoms with Gasteiger partial charge < -0.3 is 15.4 Å². The molecule has 7 nitrogen and oxygen atoms in total. The predicted octanol–water partition coefficient (Wildman–Crippen LogP) is 4.64. The predicted molar refractivity (Wildman–Crippen MR) is 126 cm³/mol. The zero-order valence-electron chi connectivity index (χ0n) is 18.2. The molecule has 10 heteroatoms. The van der Waals surface area contributed by atoms with Crippen LogP contribution in [0.15, 0.2) is 66.7 Å². The van der Waals surface area contributed by atoms with Crippen LogP contribution in [0.5, 0.6) is 5.75 Å². The molecule has 0 saturated heterocycles. The highest BCUT2D eigenvalue weighted by atomic mass is 32.2. The molecule has 0 aliphatic carbocycles. The van der Waals surface area contributed by atoms with Gasteiger partial charge in [0.15, 0.2) is 0 Å². The lowest BCUT2D eigenvalue weighted by atomic mass is 10.0. The molecule has 0 saturated carbocycles. The van der Waals surface area contributed by atoms with Crippen LogP contribution in [-0.4, -0.2) is 41.3 Å². The van der Waals surface area contributed by atoms with Gasteiger partial charge in [-0.25, -0.2) is 8.42 Å². The Balaban J connectivity index is 2.04.